The van der Waals surface area contributed by atoms with Gasteiger partial charge in [0, 0.05) is 18.1 Å². The second-order valence-corrected chi connectivity index (χ2v) is 11.8. The third-order valence-corrected chi connectivity index (χ3v) is 8.66. The third kappa shape index (κ3) is 6.78. The number of hydrogen-bond acceptors (Lipinski definition) is 4. The lowest BCUT2D eigenvalue weighted by atomic mass is 10.1. The van der Waals surface area contributed by atoms with Crippen molar-refractivity contribution in [3.63, 3.8) is 0 Å². The Morgan fingerprint density at radius 2 is 1.54 bits per heavy atom. The van der Waals surface area contributed by atoms with Gasteiger partial charge in [-0.05, 0) is 80.8 Å². The van der Waals surface area contributed by atoms with Gasteiger partial charge in [0.15, 0.2) is 0 Å². The minimum absolute atomic E-state index is 0.0861. The number of sulfonamides is 1. The number of nitrogens with one attached hydrogen (secondary N) is 1. The number of aryl methyl sites for hydroxylation is 3. The third-order valence-electron chi connectivity index (χ3n) is 6.35. The van der Waals surface area contributed by atoms with E-state index in [1.807, 2.05) is 51.1 Å². The van der Waals surface area contributed by atoms with Crippen molar-refractivity contribution < 1.29 is 18.0 Å². The predicted molar refractivity (Wildman–Crippen MR) is 150 cm³/mol. The van der Waals surface area contributed by atoms with Gasteiger partial charge in [-0.25, -0.2) is 8.42 Å². The summed E-state index contributed by atoms with van der Waals surface area (Å²) in [7, 11) is -2.58. The van der Waals surface area contributed by atoms with E-state index in [2.05, 4.69) is 21.2 Å². The van der Waals surface area contributed by atoms with Gasteiger partial charge < -0.3 is 10.2 Å². The van der Waals surface area contributed by atoms with E-state index in [0.717, 1.165) is 31.0 Å². The highest BCUT2D eigenvalue weighted by molar-refractivity contribution is 9.10. The van der Waals surface area contributed by atoms with E-state index in [-0.39, 0.29) is 17.3 Å². The normalized spacial score (nSPS) is 12.1. The molecule has 1 N–H and O–H groups in total. The summed E-state index contributed by atoms with van der Waals surface area (Å²) in [6.07, 6.45) is 0. The molecule has 0 aliphatic carbocycles. The fourth-order valence-electron chi connectivity index (χ4n) is 3.82. The summed E-state index contributed by atoms with van der Waals surface area (Å²) in [5.74, 6) is -0.836. The highest BCUT2D eigenvalue weighted by Crippen LogP contribution is 2.27. The number of benzene rings is 3. The van der Waals surface area contributed by atoms with Crippen LogP contribution in [0.5, 0.6) is 0 Å². The van der Waals surface area contributed by atoms with E-state index in [1.54, 1.807) is 31.2 Å². The number of nitrogens with zero attached hydrogens (tertiary/aromatic N) is 2. The van der Waals surface area contributed by atoms with Crippen LogP contribution in [0.4, 0.5) is 5.69 Å². The second kappa shape index (κ2) is 11.9. The Morgan fingerprint density at radius 1 is 0.919 bits per heavy atom. The number of rotatable bonds is 9. The molecule has 0 aliphatic rings. The summed E-state index contributed by atoms with van der Waals surface area (Å²) < 4.78 is 29.7. The van der Waals surface area contributed by atoms with Gasteiger partial charge in [0.1, 0.15) is 12.6 Å². The van der Waals surface area contributed by atoms with Gasteiger partial charge in [-0.3, -0.25) is 13.9 Å². The summed E-state index contributed by atoms with van der Waals surface area (Å²) in [6, 6.07) is 18.4. The summed E-state index contributed by atoms with van der Waals surface area (Å²) in [5.41, 5.74) is 4.03. The van der Waals surface area contributed by atoms with E-state index < -0.39 is 28.5 Å². The van der Waals surface area contributed by atoms with Gasteiger partial charge in [-0.15, -0.1) is 0 Å². The second-order valence-electron chi connectivity index (χ2n) is 9.03. The van der Waals surface area contributed by atoms with Crippen molar-refractivity contribution in [2.45, 2.75) is 45.2 Å². The van der Waals surface area contributed by atoms with Crippen LogP contribution in [0.1, 0.15) is 29.2 Å². The number of amides is 2. The predicted octanol–water partition coefficient (Wildman–Crippen LogP) is 4.73. The van der Waals surface area contributed by atoms with Crippen LogP contribution in [0, 0.1) is 20.8 Å². The standard InChI is InChI=1S/C28H32BrN3O4S/c1-19-6-14-26(15-7-19)37(35,36)32(25-13-8-20(2)21(3)16-25)18-27(33)31(22(4)28(34)30-5)17-23-9-11-24(29)12-10-23/h6-16,22H,17-18H2,1-5H3,(H,30,34)/t22-/m0/s1. The Balaban J connectivity index is 2.05. The molecule has 0 aromatic heterocycles. The van der Waals surface area contributed by atoms with E-state index in [1.165, 1.54) is 24.1 Å². The van der Waals surface area contributed by atoms with Crippen molar-refractivity contribution in [2.75, 3.05) is 17.9 Å². The average Bonchev–Trinajstić information content (AvgIpc) is 2.87. The lowest BCUT2D eigenvalue weighted by Gasteiger charge is -2.32. The van der Waals surface area contributed by atoms with E-state index in [9.17, 15) is 18.0 Å². The molecule has 0 saturated carbocycles. The first kappa shape index (κ1) is 28.4. The maximum atomic E-state index is 13.8. The lowest BCUT2D eigenvalue weighted by molar-refractivity contribution is -0.139. The first-order chi connectivity index (χ1) is 17.4. The van der Waals surface area contributed by atoms with Crippen molar-refractivity contribution >= 4 is 43.5 Å². The maximum absolute atomic E-state index is 13.8. The van der Waals surface area contributed by atoms with Crippen LogP contribution in [0.2, 0.25) is 0 Å². The Labute approximate surface area is 227 Å². The topological polar surface area (TPSA) is 86.8 Å². The molecule has 0 radical (unpaired) electrons. The van der Waals surface area contributed by atoms with Crippen molar-refractivity contribution in [3.8, 4) is 0 Å². The quantitative estimate of drug-likeness (QED) is 0.393. The number of halogens is 1. The molecule has 196 valence electrons. The molecule has 0 fully saturated rings. The smallest absolute Gasteiger partial charge is 0.264 e. The molecule has 9 heteroatoms. The Hall–Kier alpha value is -3.17. The van der Waals surface area contributed by atoms with Crippen LogP contribution < -0.4 is 9.62 Å². The highest BCUT2D eigenvalue weighted by atomic mass is 79.9. The van der Waals surface area contributed by atoms with Crippen molar-refractivity contribution in [3.05, 3.63) is 93.5 Å². The molecule has 0 saturated heterocycles. The number of hydrogen-bond donors (Lipinski definition) is 1. The molecule has 0 unspecified atom stereocenters. The van der Waals surface area contributed by atoms with Crippen LogP contribution in [0.25, 0.3) is 0 Å². The largest absolute Gasteiger partial charge is 0.357 e. The van der Waals surface area contributed by atoms with Gasteiger partial charge in [0.05, 0.1) is 10.6 Å². The van der Waals surface area contributed by atoms with Crippen molar-refractivity contribution in [1.82, 2.24) is 10.2 Å². The molecule has 0 bridgehead atoms. The molecule has 0 spiro atoms. The van der Waals surface area contributed by atoms with Crippen LogP contribution >= 0.6 is 15.9 Å². The Kier molecular flexibility index (Phi) is 9.15. The maximum Gasteiger partial charge on any atom is 0.264 e. The van der Waals surface area contributed by atoms with Gasteiger partial charge in [-0.2, -0.15) is 0 Å². The zero-order chi connectivity index (χ0) is 27.3. The molecule has 2 amide bonds. The van der Waals surface area contributed by atoms with Gasteiger partial charge in [-0.1, -0.05) is 51.8 Å². The molecule has 37 heavy (non-hydrogen) atoms. The van der Waals surface area contributed by atoms with Crippen LogP contribution in [-0.2, 0) is 26.2 Å². The van der Waals surface area contributed by atoms with Gasteiger partial charge >= 0.3 is 0 Å². The number of carbonyl (C=O) groups excluding carboxylic acids is 2. The van der Waals surface area contributed by atoms with Gasteiger partial charge in [0.2, 0.25) is 11.8 Å². The highest BCUT2D eigenvalue weighted by Gasteiger charge is 2.32. The van der Waals surface area contributed by atoms with Crippen LogP contribution in [0.15, 0.2) is 76.1 Å². The summed E-state index contributed by atoms with van der Waals surface area (Å²) in [6.45, 7) is 7.02. The van der Waals surface area contributed by atoms with E-state index in [4.69, 9.17) is 0 Å². The molecule has 3 aromatic rings. The number of carbonyl (C=O) groups is 2. The Bertz CT molecular complexity index is 1370. The van der Waals surface area contributed by atoms with Crippen LogP contribution in [0.3, 0.4) is 0 Å². The lowest BCUT2D eigenvalue weighted by Crippen LogP contribution is -2.50. The molecular formula is C28H32BrN3O4S. The molecule has 3 rings (SSSR count). The SMILES string of the molecule is CNC(=O)[C@H](C)N(Cc1ccc(Br)cc1)C(=O)CN(c1ccc(C)c(C)c1)S(=O)(=O)c1ccc(C)cc1. The minimum atomic E-state index is -4.08. The van der Waals surface area contributed by atoms with E-state index in [0.29, 0.717) is 5.69 Å². The summed E-state index contributed by atoms with van der Waals surface area (Å²) in [4.78, 5) is 27.8. The monoisotopic (exact) mass is 585 g/mol. The molecular weight excluding hydrogens is 554 g/mol. The van der Waals surface area contributed by atoms with E-state index >= 15 is 0 Å². The Morgan fingerprint density at radius 3 is 2.11 bits per heavy atom. The number of anilines is 1. The van der Waals surface area contributed by atoms with Crippen LogP contribution in [-0.4, -0.2) is 44.8 Å². The fourth-order valence-corrected chi connectivity index (χ4v) is 5.50. The molecule has 1 atom stereocenters. The first-order valence-electron chi connectivity index (χ1n) is 11.9. The minimum Gasteiger partial charge on any atom is -0.357 e. The molecule has 0 aliphatic heterocycles. The molecule has 7 nitrogen and oxygen atoms in total. The fraction of sp³-hybridized carbons (Fsp3) is 0.286. The first-order valence-corrected chi connectivity index (χ1v) is 14.1. The summed E-state index contributed by atoms with van der Waals surface area (Å²) >= 11 is 3.40. The van der Waals surface area contributed by atoms with Gasteiger partial charge in [0.25, 0.3) is 10.0 Å². The number of likely N-dealkylation sites (N-methyl/N-ethyl adjacent to an activating group) is 1. The average molecular weight is 587 g/mol. The van der Waals surface area contributed by atoms with Crippen molar-refractivity contribution in [2.24, 2.45) is 0 Å². The van der Waals surface area contributed by atoms with Crippen molar-refractivity contribution in [1.29, 1.82) is 0 Å². The molecule has 0 heterocycles. The summed E-state index contributed by atoms with van der Waals surface area (Å²) in [5, 5.41) is 2.58. The zero-order valence-corrected chi connectivity index (χ0v) is 24.1. The zero-order valence-electron chi connectivity index (χ0n) is 21.7. The molecule has 3 aromatic carbocycles.